The zero-order valence-electron chi connectivity index (χ0n) is 10.5. The lowest BCUT2D eigenvalue weighted by atomic mass is 9.76. The van der Waals surface area contributed by atoms with E-state index in [-0.39, 0.29) is 11.2 Å². The number of methoxy groups -OCH3 is 1. The maximum atomic E-state index is 11.3. The average molecular weight is 220 g/mol. The molecule has 1 atom stereocenters. The van der Waals surface area contributed by atoms with Crippen molar-refractivity contribution in [3.05, 3.63) is 29.8 Å². The Labute approximate surface area is 97.6 Å². The molecule has 0 unspecified atom stereocenters. The van der Waals surface area contributed by atoms with Crippen LogP contribution in [-0.2, 0) is 10.2 Å². The number of hydrogen-bond acceptors (Lipinski definition) is 2. The second kappa shape index (κ2) is 5.15. The Bertz CT molecular complexity index is 354. The van der Waals surface area contributed by atoms with E-state index in [2.05, 4.69) is 13.8 Å². The van der Waals surface area contributed by atoms with Crippen LogP contribution < -0.4 is 4.74 Å². The van der Waals surface area contributed by atoms with Crippen LogP contribution in [0.25, 0.3) is 0 Å². The Morgan fingerprint density at radius 1 is 1.31 bits per heavy atom. The Balaban J connectivity index is 2.98. The fourth-order valence-electron chi connectivity index (χ4n) is 1.97. The SMILES string of the molecule is CC[C@@](C)(CC(C)=O)c1ccc(OC)cc1. The predicted molar refractivity (Wildman–Crippen MR) is 65.9 cm³/mol. The quantitative estimate of drug-likeness (QED) is 0.760. The smallest absolute Gasteiger partial charge is 0.130 e. The molecule has 0 fully saturated rings. The van der Waals surface area contributed by atoms with Crippen molar-refractivity contribution in [2.75, 3.05) is 7.11 Å². The fourth-order valence-corrected chi connectivity index (χ4v) is 1.97. The molecule has 0 aliphatic heterocycles. The number of ketones is 1. The summed E-state index contributed by atoms with van der Waals surface area (Å²) in [6, 6.07) is 7.99. The largest absolute Gasteiger partial charge is 0.497 e. The maximum absolute atomic E-state index is 11.3. The van der Waals surface area contributed by atoms with Gasteiger partial charge in [-0.3, -0.25) is 4.79 Å². The van der Waals surface area contributed by atoms with Gasteiger partial charge in [-0.25, -0.2) is 0 Å². The van der Waals surface area contributed by atoms with E-state index in [1.165, 1.54) is 5.56 Å². The number of hydrogen-bond donors (Lipinski definition) is 0. The first-order chi connectivity index (χ1) is 7.51. The van der Waals surface area contributed by atoms with Crippen molar-refractivity contribution in [3.63, 3.8) is 0 Å². The van der Waals surface area contributed by atoms with Crippen LogP contribution >= 0.6 is 0 Å². The van der Waals surface area contributed by atoms with Gasteiger partial charge in [0, 0.05) is 6.42 Å². The van der Waals surface area contributed by atoms with Gasteiger partial charge >= 0.3 is 0 Å². The Hall–Kier alpha value is -1.31. The third kappa shape index (κ3) is 2.84. The average Bonchev–Trinajstić information content (AvgIpc) is 2.28. The van der Waals surface area contributed by atoms with E-state index >= 15 is 0 Å². The van der Waals surface area contributed by atoms with Gasteiger partial charge < -0.3 is 4.74 Å². The van der Waals surface area contributed by atoms with Gasteiger partial charge in [0.2, 0.25) is 0 Å². The van der Waals surface area contributed by atoms with Crippen molar-refractivity contribution in [2.24, 2.45) is 0 Å². The Kier molecular flexibility index (Phi) is 4.11. The summed E-state index contributed by atoms with van der Waals surface area (Å²) >= 11 is 0. The molecule has 0 aliphatic rings. The highest BCUT2D eigenvalue weighted by Gasteiger charge is 2.26. The lowest BCUT2D eigenvalue weighted by Crippen LogP contribution is -2.23. The molecule has 2 nitrogen and oxygen atoms in total. The van der Waals surface area contributed by atoms with Crippen molar-refractivity contribution >= 4 is 5.78 Å². The molecule has 0 amide bonds. The van der Waals surface area contributed by atoms with Crippen LogP contribution in [0.5, 0.6) is 5.75 Å². The molecule has 0 saturated heterocycles. The van der Waals surface area contributed by atoms with E-state index in [0.717, 1.165) is 12.2 Å². The summed E-state index contributed by atoms with van der Waals surface area (Å²) in [5, 5.41) is 0. The maximum Gasteiger partial charge on any atom is 0.130 e. The van der Waals surface area contributed by atoms with E-state index < -0.39 is 0 Å². The second-order valence-corrected chi connectivity index (χ2v) is 4.52. The zero-order chi connectivity index (χ0) is 12.2. The van der Waals surface area contributed by atoms with Crippen molar-refractivity contribution in [1.82, 2.24) is 0 Å². The predicted octanol–water partition coefficient (Wildman–Crippen LogP) is 3.34. The molecule has 2 heteroatoms. The van der Waals surface area contributed by atoms with Gasteiger partial charge in [0.05, 0.1) is 7.11 Å². The molecule has 0 N–H and O–H groups in total. The van der Waals surface area contributed by atoms with Crippen molar-refractivity contribution in [2.45, 2.75) is 39.0 Å². The first-order valence-electron chi connectivity index (χ1n) is 5.66. The highest BCUT2D eigenvalue weighted by Crippen LogP contribution is 2.32. The van der Waals surface area contributed by atoms with Crippen LogP contribution in [-0.4, -0.2) is 12.9 Å². The molecule has 88 valence electrons. The molecule has 0 heterocycles. The molecule has 0 saturated carbocycles. The van der Waals surface area contributed by atoms with Gasteiger partial charge in [0.15, 0.2) is 0 Å². The monoisotopic (exact) mass is 220 g/mol. The van der Waals surface area contributed by atoms with Gasteiger partial charge in [-0.1, -0.05) is 26.0 Å². The Morgan fingerprint density at radius 3 is 2.25 bits per heavy atom. The van der Waals surface area contributed by atoms with Crippen LogP contribution in [0, 0.1) is 0 Å². The van der Waals surface area contributed by atoms with Crippen molar-refractivity contribution < 1.29 is 9.53 Å². The summed E-state index contributed by atoms with van der Waals surface area (Å²) in [7, 11) is 1.66. The molecule has 0 radical (unpaired) electrons. The molecule has 1 aromatic carbocycles. The van der Waals surface area contributed by atoms with Crippen molar-refractivity contribution in [1.29, 1.82) is 0 Å². The van der Waals surface area contributed by atoms with Crippen LogP contribution in [0.1, 0.15) is 39.2 Å². The number of Topliss-reactive ketones (excluding diaryl/α,β-unsaturated/α-hetero) is 1. The number of carbonyl (C=O) groups excluding carboxylic acids is 1. The zero-order valence-corrected chi connectivity index (χ0v) is 10.5. The van der Waals surface area contributed by atoms with E-state index in [0.29, 0.717) is 6.42 Å². The molecule has 16 heavy (non-hydrogen) atoms. The summed E-state index contributed by atoms with van der Waals surface area (Å²) in [5.74, 6) is 1.09. The number of benzene rings is 1. The van der Waals surface area contributed by atoms with Gasteiger partial charge in [0.1, 0.15) is 11.5 Å². The van der Waals surface area contributed by atoms with Crippen LogP contribution in [0.2, 0.25) is 0 Å². The lowest BCUT2D eigenvalue weighted by Gasteiger charge is -2.27. The summed E-state index contributed by atoms with van der Waals surface area (Å²) in [6.45, 7) is 5.90. The second-order valence-electron chi connectivity index (χ2n) is 4.52. The topological polar surface area (TPSA) is 26.3 Å². The van der Waals surface area contributed by atoms with E-state index in [9.17, 15) is 4.79 Å². The number of rotatable bonds is 5. The molecule has 0 bridgehead atoms. The summed E-state index contributed by atoms with van der Waals surface area (Å²) < 4.78 is 5.13. The normalized spacial score (nSPS) is 14.2. The molecular weight excluding hydrogens is 200 g/mol. The standard InChI is InChI=1S/C14H20O2/c1-5-14(3,10-11(2)15)12-6-8-13(16-4)9-7-12/h6-9H,5,10H2,1-4H3/t14-/m0/s1. The summed E-state index contributed by atoms with van der Waals surface area (Å²) in [6.07, 6.45) is 1.55. The van der Waals surface area contributed by atoms with Gasteiger partial charge in [-0.2, -0.15) is 0 Å². The van der Waals surface area contributed by atoms with Crippen LogP contribution in [0.15, 0.2) is 24.3 Å². The van der Waals surface area contributed by atoms with E-state index in [4.69, 9.17) is 4.74 Å². The minimum Gasteiger partial charge on any atom is -0.497 e. The third-order valence-electron chi connectivity index (χ3n) is 3.21. The van der Waals surface area contributed by atoms with Crippen molar-refractivity contribution in [3.8, 4) is 5.75 Å². The molecule has 0 aliphatic carbocycles. The summed E-state index contributed by atoms with van der Waals surface area (Å²) in [4.78, 5) is 11.3. The molecular formula is C14H20O2. The van der Waals surface area contributed by atoms with Crippen LogP contribution in [0.4, 0.5) is 0 Å². The Morgan fingerprint density at radius 2 is 1.88 bits per heavy atom. The molecule has 1 rings (SSSR count). The highest BCUT2D eigenvalue weighted by molar-refractivity contribution is 5.77. The first kappa shape index (κ1) is 12.8. The minimum atomic E-state index is -0.0574. The fraction of sp³-hybridized carbons (Fsp3) is 0.500. The highest BCUT2D eigenvalue weighted by atomic mass is 16.5. The third-order valence-corrected chi connectivity index (χ3v) is 3.21. The van der Waals surface area contributed by atoms with E-state index in [1.807, 2.05) is 24.3 Å². The van der Waals surface area contributed by atoms with Crippen LogP contribution in [0.3, 0.4) is 0 Å². The molecule has 0 aromatic heterocycles. The lowest BCUT2D eigenvalue weighted by molar-refractivity contribution is -0.118. The molecule has 0 spiro atoms. The summed E-state index contributed by atoms with van der Waals surface area (Å²) in [5.41, 5.74) is 1.14. The molecule has 1 aromatic rings. The van der Waals surface area contributed by atoms with Gasteiger partial charge in [-0.15, -0.1) is 0 Å². The van der Waals surface area contributed by atoms with Gasteiger partial charge in [-0.05, 0) is 36.5 Å². The first-order valence-corrected chi connectivity index (χ1v) is 5.66. The minimum absolute atomic E-state index is 0.0574. The van der Waals surface area contributed by atoms with E-state index in [1.54, 1.807) is 14.0 Å². The number of carbonyl (C=O) groups is 1. The van der Waals surface area contributed by atoms with Gasteiger partial charge in [0.25, 0.3) is 0 Å². The number of ether oxygens (including phenoxy) is 1.